The number of hydrogen-bond acceptors (Lipinski definition) is 12. The molecule has 0 aliphatic carbocycles. The molecule has 13 rings (SSSR count). The molecule has 0 spiro atoms. The summed E-state index contributed by atoms with van der Waals surface area (Å²) in [6.07, 6.45) is 10.2. The molecule has 75 heavy (non-hydrogen) atoms. The van der Waals surface area contributed by atoms with Crippen molar-refractivity contribution >= 4 is 101 Å². The fraction of sp³-hybridized carbons (Fsp3) is 0.0500. The van der Waals surface area contributed by atoms with E-state index in [1.165, 1.54) is 32.9 Å². The van der Waals surface area contributed by atoms with Crippen LogP contribution in [0, 0.1) is 0 Å². The third kappa shape index (κ3) is 7.56. The van der Waals surface area contributed by atoms with E-state index in [1.54, 1.807) is 58.3 Å². The number of furan rings is 3. The molecule has 0 fully saturated rings. The number of carbonyl (C=O) groups is 3. The maximum atomic E-state index is 14.7. The molecule has 9 aromatic heterocycles. The predicted octanol–water partition coefficient (Wildman–Crippen LogP) is 12.6. The second kappa shape index (κ2) is 17.7. The minimum Gasteiger partial charge on any atom is -0.435 e. The lowest BCUT2D eigenvalue weighted by Crippen LogP contribution is -2.31. The van der Waals surface area contributed by atoms with Gasteiger partial charge in [0.25, 0.3) is 17.7 Å². The molecule has 4 aromatic carbocycles. The Balaban J connectivity index is 0.818. The van der Waals surface area contributed by atoms with Crippen LogP contribution in [0.5, 0.6) is 0 Å². The molecule has 0 bridgehead atoms. The van der Waals surface area contributed by atoms with Gasteiger partial charge in [0.2, 0.25) is 17.1 Å². The smallest absolute Gasteiger partial charge is 0.258 e. The van der Waals surface area contributed by atoms with Gasteiger partial charge in [-0.3, -0.25) is 29.3 Å². The SMILES string of the molecule is CN(C(=O)c1cc(C(=O)N(C)c2ccc(-c3nccc4c3oc3ncccc34)cc2)cc(C(=O)N(C)c2ccc(-c3nccc4c3oc3ncccc34)cc2)c1)c1ccc(-c2nccc3c2oc2ncccc23)cc1. The summed E-state index contributed by atoms with van der Waals surface area (Å²) in [5.41, 5.74) is 9.67. The Labute approximate surface area is 426 Å². The topological polar surface area (TPSA) is 178 Å². The highest BCUT2D eigenvalue weighted by Crippen LogP contribution is 2.38. The zero-order chi connectivity index (χ0) is 50.9. The van der Waals surface area contributed by atoms with Crippen molar-refractivity contribution in [3.63, 3.8) is 0 Å². The summed E-state index contributed by atoms with van der Waals surface area (Å²) in [6.45, 7) is 0. The van der Waals surface area contributed by atoms with Gasteiger partial charge < -0.3 is 28.0 Å². The number of rotatable bonds is 9. The number of hydrogen-bond donors (Lipinski definition) is 0. The van der Waals surface area contributed by atoms with E-state index in [0.717, 1.165) is 49.0 Å². The highest BCUT2D eigenvalue weighted by atomic mass is 16.3. The standard InChI is InChI=1S/C60H39N9O6/c1-67(40-16-10-34(11-17-40)49-52-43(22-28-61-49)46-7-4-25-64-55(46)73-52)58(70)37-31-38(59(71)68(2)41-18-12-35(13-19-41)50-53-44(23-29-62-50)47-8-5-26-65-56(47)74-53)33-39(32-37)60(72)69(3)42-20-14-36(15-21-42)51-54-45(24-30-63-51)48-9-6-27-66-57(48)75-54/h4-33H,1-3H3. The van der Waals surface area contributed by atoms with Gasteiger partial charge in [0.1, 0.15) is 17.1 Å². The van der Waals surface area contributed by atoms with Crippen molar-refractivity contribution in [2.45, 2.75) is 0 Å². The third-order valence-corrected chi connectivity index (χ3v) is 13.7. The zero-order valence-electron chi connectivity index (χ0n) is 40.3. The maximum Gasteiger partial charge on any atom is 0.258 e. The average Bonchev–Trinajstić information content (AvgIpc) is 4.18. The first-order valence-electron chi connectivity index (χ1n) is 23.8. The van der Waals surface area contributed by atoms with Crippen LogP contribution in [0.25, 0.3) is 100.0 Å². The molecule has 0 saturated heterocycles. The van der Waals surface area contributed by atoms with Crippen LogP contribution in [-0.2, 0) is 0 Å². The fourth-order valence-electron chi connectivity index (χ4n) is 9.69. The monoisotopic (exact) mass is 981 g/mol. The van der Waals surface area contributed by atoms with Gasteiger partial charge >= 0.3 is 0 Å². The Kier molecular flexibility index (Phi) is 10.5. The number of benzene rings is 4. The van der Waals surface area contributed by atoms with Crippen molar-refractivity contribution < 1.29 is 27.6 Å². The first-order chi connectivity index (χ1) is 36.7. The van der Waals surface area contributed by atoms with E-state index in [4.69, 9.17) is 13.3 Å². The molecule has 15 heteroatoms. The van der Waals surface area contributed by atoms with Crippen LogP contribution in [0.1, 0.15) is 31.1 Å². The summed E-state index contributed by atoms with van der Waals surface area (Å²) in [5, 5.41) is 5.34. The Morgan fingerprint density at radius 2 is 0.613 bits per heavy atom. The van der Waals surface area contributed by atoms with E-state index in [2.05, 4.69) is 29.9 Å². The molecule has 0 unspecified atom stereocenters. The van der Waals surface area contributed by atoms with Crippen LogP contribution in [0.2, 0.25) is 0 Å². The number of nitrogens with zero attached hydrogens (tertiary/aromatic N) is 9. The van der Waals surface area contributed by atoms with E-state index in [0.29, 0.717) is 68.0 Å². The first-order valence-corrected chi connectivity index (χ1v) is 23.8. The summed E-state index contributed by atoms with van der Waals surface area (Å²) in [6, 6.07) is 43.8. The van der Waals surface area contributed by atoms with Crippen LogP contribution in [-0.4, -0.2) is 68.8 Å². The van der Waals surface area contributed by atoms with E-state index in [9.17, 15) is 14.4 Å². The predicted molar refractivity (Wildman–Crippen MR) is 289 cm³/mol. The molecule has 9 heterocycles. The molecule has 3 amide bonds. The lowest BCUT2D eigenvalue weighted by molar-refractivity contribution is 0.0992. The molecular weight excluding hydrogens is 943 g/mol. The van der Waals surface area contributed by atoms with Crippen molar-refractivity contribution in [3.05, 3.63) is 199 Å². The first kappa shape index (κ1) is 44.5. The van der Waals surface area contributed by atoms with Crippen LogP contribution >= 0.6 is 0 Å². The Hall–Kier alpha value is -10.4. The normalized spacial score (nSPS) is 11.6. The molecule has 0 aliphatic heterocycles. The second-order valence-electron chi connectivity index (χ2n) is 18.0. The van der Waals surface area contributed by atoms with Gasteiger partial charge in [0.15, 0.2) is 16.7 Å². The van der Waals surface area contributed by atoms with Crippen LogP contribution in [0.4, 0.5) is 17.1 Å². The fourth-order valence-corrected chi connectivity index (χ4v) is 9.69. The number of carbonyl (C=O) groups excluding carboxylic acids is 3. The van der Waals surface area contributed by atoms with Gasteiger partial charge in [-0.1, -0.05) is 36.4 Å². The minimum atomic E-state index is -0.445. The largest absolute Gasteiger partial charge is 0.435 e. The van der Waals surface area contributed by atoms with Gasteiger partial charge in [-0.2, -0.15) is 0 Å². The molecule has 15 nitrogen and oxygen atoms in total. The van der Waals surface area contributed by atoms with Gasteiger partial charge in [-0.05, 0) is 109 Å². The van der Waals surface area contributed by atoms with E-state index < -0.39 is 17.7 Å². The molecule has 0 N–H and O–H groups in total. The van der Waals surface area contributed by atoms with Crippen molar-refractivity contribution in [2.75, 3.05) is 35.8 Å². The quantitative estimate of drug-likeness (QED) is 0.134. The Morgan fingerprint density at radius 1 is 0.333 bits per heavy atom. The molecule has 360 valence electrons. The minimum absolute atomic E-state index is 0.128. The lowest BCUT2D eigenvalue weighted by Gasteiger charge is -2.22. The van der Waals surface area contributed by atoms with Crippen molar-refractivity contribution in [3.8, 4) is 33.8 Å². The molecule has 0 radical (unpaired) electrons. The summed E-state index contributed by atoms with van der Waals surface area (Å²) in [4.78, 5) is 75.4. The number of fused-ring (bicyclic) bond motifs is 9. The van der Waals surface area contributed by atoms with E-state index in [-0.39, 0.29) is 16.7 Å². The summed E-state index contributed by atoms with van der Waals surface area (Å²) < 4.78 is 18.4. The zero-order valence-corrected chi connectivity index (χ0v) is 40.3. The summed E-state index contributed by atoms with van der Waals surface area (Å²) >= 11 is 0. The second-order valence-corrected chi connectivity index (χ2v) is 18.0. The van der Waals surface area contributed by atoms with Crippen LogP contribution < -0.4 is 14.7 Å². The number of anilines is 3. The summed E-state index contributed by atoms with van der Waals surface area (Å²) in [7, 11) is 4.94. The van der Waals surface area contributed by atoms with Crippen molar-refractivity contribution in [1.29, 1.82) is 0 Å². The average molecular weight is 982 g/mol. The van der Waals surface area contributed by atoms with Crippen LogP contribution in [0.15, 0.2) is 196 Å². The molecule has 0 atom stereocenters. The highest BCUT2D eigenvalue weighted by Gasteiger charge is 2.25. The summed E-state index contributed by atoms with van der Waals surface area (Å²) in [5.74, 6) is -1.34. The van der Waals surface area contributed by atoms with Gasteiger partial charge in [0.05, 0.1) is 0 Å². The van der Waals surface area contributed by atoms with Crippen molar-refractivity contribution in [1.82, 2.24) is 29.9 Å². The van der Waals surface area contributed by atoms with Gasteiger partial charge in [0, 0.05) is 141 Å². The molecule has 0 aliphatic rings. The Morgan fingerprint density at radius 3 is 0.893 bits per heavy atom. The Bertz CT molecular complexity index is 3970. The van der Waals surface area contributed by atoms with Crippen LogP contribution in [0.3, 0.4) is 0 Å². The van der Waals surface area contributed by atoms with Gasteiger partial charge in [-0.25, -0.2) is 15.0 Å². The highest BCUT2D eigenvalue weighted by molar-refractivity contribution is 6.15. The maximum absolute atomic E-state index is 14.7. The number of amides is 3. The third-order valence-electron chi connectivity index (χ3n) is 13.7. The molecular formula is C60H39N9O6. The van der Waals surface area contributed by atoms with E-state index in [1.807, 2.05) is 127 Å². The number of pyridine rings is 6. The molecule has 0 saturated carbocycles. The van der Waals surface area contributed by atoms with Crippen molar-refractivity contribution in [2.24, 2.45) is 0 Å². The number of aromatic nitrogens is 6. The van der Waals surface area contributed by atoms with Gasteiger partial charge in [-0.15, -0.1) is 0 Å². The van der Waals surface area contributed by atoms with E-state index >= 15 is 0 Å². The lowest BCUT2D eigenvalue weighted by atomic mass is 10.0. The molecule has 13 aromatic rings.